The highest BCUT2D eigenvalue weighted by atomic mass is 15.3. The Kier molecular flexibility index (Phi) is 4.21. The minimum absolute atomic E-state index is 0.348. The zero-order valence-electron chi connectivity index (χ0n) is 13.8. The van der Waals surface area contributed by atoms with E-state index in [1.54, 1.807) is 0 Å². The molecule has 1 atom stereocenters. The number of anilines is 1. The molecule has 0 aromatic carbocycles. The van der Waals surface area contributed by atoms with Gasteiger partial charge in [-0.05, 0) is 45.2 Å². The van der Waals surface area contributed by atoms with Crippen molar-refractivity contribution in [3.8, 4) is 0 Å². The predicted molar refractivity (Wildman–Crippen MR) is 89.0 cm³/mol. The number of rotatable bonds is 2. The van der Waals surface area contributed by atoms with Crippen LogP contribution in [0.3, 0.4) is 0 Å². The van der Waals surface area contributed by atoms with Gasteiger partial charge < -0.3 is 10.2 Å². The van der Waals surface area contributed by atoms with Crippen LogP contribution in [0.1, 0.15) is 56.8 Å². The summed E-state index contributed by atoms with van der Waals surface area (Å²) in [5, 5.41) is 3.90. The third-order valence-electron chi connectivity index (χ3n) is 5.41. The zero-order chi connectivity index (χ0) is 14.9. The van der Waals surface area contributed by atoms with Crippen molar-refractivity contribution in [1.82, 2.24) is 10.3 Å². The van der Waals surface area contributed by atoms with E-state index in [1.807, 2.05) is 0 Å². The molecule has 21 heavy (non-hydrogen) atoms. The standard InChI is InChI=1S/C18H29N3/c1-4-16-12-19-18(10-6-5-7-11-18)13-21(16)17-9-8-14(2)20-15(17)3/h8-9,16,19H,4-7,10-13H2,1-3H3. The van der Waals surface area contributed by atoms with E-state index >= 15 is 0 Å². The summed E-state index contributed by atoms with van der Waals surface area (Å²) in [6.45, 7) is 8.80. The first kappa shape index (κ1) is 14.8. The Bertz CT molecular complexity index is 491. The van der Waals surface area contributed by atoms with Gasteiger partial charge >= 0.3 is 0 Å². The van der Waals surface area contributed by atoms with Gasteiger partial charge in [0.1, 0.15) is 0 Å². The Morgan fingerprint density at radius 1 is 1.24 bits per heavy atom. The molecule has 0 amide bonds. The van der Waals surface area contributed by atoms with E-state index in [2.05, 4.69) is 48.1 Å². The smallest absolute Gasteiger partial charge is 0.0609 e. The van der Waals surface area contributed by atoms with Gasteiger partial charge in [-0.3, -0.25) is 4.98 Å². The first-order valence-electron chi connectivity index (χ1n) is 8.59. The Balaban J connectivity index is 1.88. The first-order chi connectivity index (χ1) is 10.1. The highest BCUT2D eigenvalue weighted by Crippen LogP contribution is 2.35. The molecule has 3 heteroatoms. The largest absolute Gasteiger partial charge is 0.364 e. The lowest BCUT2D eigenvalue weighted by Gasteiger charge is -2.50. The topological polar surface area (TPSA) is 28.2 Å². The molecule has 116 valence electrons. The molecule has 1 saturated carbocycles. The van der Waals surface area contributed by atoms with E-state index in [0.717, 1.165) is 18.8 Å². The van der Waals surface area contributed by atoms with Crippen molar-refractivity contribution in [2.45, 2.75) is 70.9 Å². The molecule has 2 aliphatic rings. The molecule has 1 aliphatic carbocycles. The van der Waals surface area contributed by atoms with Crippen LogP contribution in [0.2, 0.25) is 0 Å². The van der Waals surface area contributed by atoms with Crippen LogP contribution >= 0.6 is 0 Å². The lowest BCUT2D eigenvalue weighted by molar-refractivity contribution is 0.195. The van der Waals surface area contributed by atoms with Gasteiger partial charge in [-0.2, -0.15) is 0 Å². The molecule has 0 bridgehead atoms. The molecule has 1 aliphatic heterocycles. The molecule has 1 aromatic rings. The monoisotopic (exact) mass is 287 g/mol. The molecular formula is C18H29N3. The van der Waals surface area contributed by atoms with Crippen molar-refractivity contribution in [1.29, 1.82) is 0 Å². The number of pyridine rings is 1. The fourth-order valence-electron chi connectivity index (χ4n) is 4.15. The van der Waals surface area contributed by atoms with Gasteiger partial charge in [0.15, 0.2) is 0 Å². The van der Waals surface area contributed by atoms with Crippen LogP contribution < -0.4 is 10.2 Å². The molecule has 0 radical (unpaired) electrons. The van der Waals surface area contributed by atoms with E-state index in [1.165, 1.54) is 49.9 Å². The van der Waals surface area contributed by atoms with Crippen molar-refractivity contribution in [2.24, 2.45) is 0 Å². The summed E-state index contributed by atoms with van der Waals surface area (Å²) in [6, 6.07) is 5.04. The fourth-order valence-corrected chi connectivity index (χ4v) is 4.15. The molecule has 1 aromatic heterocycles. The molecule has 3 rings (SSSR count). The summed E-state index contributed by atoms with van der Waals surface area (Å²) in [5.74, 6) is 0. The van der Waals surface area contributed by atoms with Gasteiger partial charge in [0.05, 0.1) is 11.4 Å². The molecule has 1 N–H and O–H groups in total. The molecular weight excluding hydrogens is 258 g/mol. The third kappa shape index (κ3) is 2.94. The molecule has 2 heterocycles. The normalized spacial score (nSPS) is 25.3. The third-order valence-corrected chi connectivity index (χ3v) is 5.41. The highest BCUT2D eigenvalue weighted by molar-refractivity contribution is 5.53. The van der Waals surface area contributed by atoms with E-state index in [9.17, 15) is 0 Å². The number of hydrogen-bond donors (Lipinski definition) is 1. The Morgan fingerprint density at radius 3 is 2.67 bits per heavy atom. The maximum atomic E-state index is 4.69. The van der Waals surface area contributed by atoms with Crippen LogP contribution in [0.5, 0.6) is 0 Å². The van der Waals surface area contributed by atoms with Crippen molar-refractivity contribution < 1.29 is 0 Å². The maximum Gasteiger partial charge on any atom is 0.0609 e. The number of hydrogen-bond acceptors (Lipinski definition) is 3. The fraction of sp³-hybridized carbons (Fsp3) is 0.722. The van der Waals surface area contributed by atoms with E-state index in [0.29, 0.717) is 11.6 Å². The van der Waals surface area contributed by atoms with Gasteiger partial charge in [-0.15, -0.1) is 0 Å². The van der Waals surface area contributed by atoms with E-state index in [-0.39, 0.29) is 0 Å². The average Bonchev–Trinajstić information content (AvgIpc) is 2.48. The summed E-state index contributed by atoms with van der Waals surface area (Å²) in [7, 11) is 0. The van der Waals surface area contributed by atoms with Gasteiger partial charge in [0.25, 0.3) is 0 Å². The van der Waals surface area contributed by atoms with Crippen molar-refractivity contribution in [3.63, 3.8) is 0 Å². The average molecular weight is 287 g/mol. The number of aromatic nitrogens is 1. The van der Waals surface area contributed by atoms with Crippen LogP contribution in [0, 0.1) is 13.8 Å². The molecule has 2 fully saturated rings. The van der Waals surface area contributed by atoms with Gasteiger partial charge in [-0.25, -0.2) is 0 Å². The molecule has 1 unspecified atom stereocenters. The van der Waals surface area contributed by atoms with Crippen molar-refractivity contribution >= 4 is 5.69 Å². The molecule has 1 spiro atoms. The lowest BCUT2D eigenvalue weighted by Crippen LogP contribution is -2.65. The summed E-state index contributed by atoms with van der Waals surface area (Å²) in [6.07, 6.45) is 8.02. The van der Waals surface area contributed by atoms with Gasteiger partial charge in [0.2, 0.25) is 0 Å². The van der Waals surface area contributed by atoms with Crippen LogP contribution in [0.15, 0.2) is 12.1 Å². The second-order valence-corrected chi connectivity index (χ2v) is 6.97. The Hall–Kier alpha value is -1.09. The van der Waals surface area contributed by atoms with Gasteiger partial charge in [-0.1, -0.05) is 26.2 Å². The Labute approximate surface area is 129 Å². The molecule has 3 nitrogen and oxygen atoms in total. The van der Waals surface area contributed by atoms with Crippen LogP contribution in [-0.4, -0.2) is 29.7 Å². The van der Waals surface area contributed by atoms with Gasteiger partial charge in [0, 0.05) is 30.4 Å². The number of nitrogens with one attached hydrogen (secondary N) is 1. The summed E-state index contributed by atoms with van der Waals surface area (Å²) in [5.41, 5.74) is 3.99. The summed E-state index contributed by atoms with van der Waals surface area (Å²) in [4.78, 5) is 7.33. The quantitative estimate of drug-likeness (QED) is 0.901. The minimum atomic E-state index is 0.348. The van der Waals surface area contributed by atoms with Crippen LogP contribution in [0.25, 0.3) is 0 Å². The van der Waals surface area contributed by atoms with E-state index < -0.39 is 0 Å². The number of aryl methyl sites for hydroxylation is 2. The minimum Gasteiger partial charge on any atom is -0.364 e. The van der Waals surface area contributed by atoms with Crippen molar-refractivity contribution in [2.75, 3.05) is 18.0 Å². The summed E-state index contributed by atoms with van der Waals surface area (Å²) >= 11 is 0. The van der Waals surface area contributed by atoms with Crippen LogP contribution in [0.4, 0.5) is 5.69 Å². The lowest BCUT2D eigenvalue weighted by atomic mass is 9.79. The number of nitrogens with zero attached hydrogens (tertiary/aromatic N) is 2. The number of piperazine rings is 1. The second-order valence-electron chi connectivity index (χ2n) is 6.97. The zero-order valence-corrected chi connectivity index (χ0v) is 13.8. The van der Waals surface area contributed by atoms with E-state index in [4.69, 9.17) is 0 Å². The second kappa shape index (κ2) is 5.96. The summed E-state index contributed by atoms with van der Waals surface area (Å²) < 4.78 is 0. The molecule has 1 saturated heterocycles. The first-order valence-corrected chi connectivity index (χ1v) is 8.59. The Morgan fingerprint density at radius 2 is 2.00 bits per heavy atom. The highest BCUT2D eigenvalue weighted by Gasteiger charge is 2.39. The predicted octanol–water partition coefficient (Wildman–Crippen LogP) is 3.59. The maximum absolute atomic E-state index is 4.69. The van der Waals surface area contributed by atoms with Crippen molar-refractivity contribution in [3.05, 3.63) is 23.5 Å². The SMILES string of the molecule is CCC1CNC2(CCCCC2)CN1c1ccc(C)nc1C. The van der Waals surface area contributed by atoms with Crippen LogP contribution in [-0.2, 0) is 0 Å².